The van der Waals surface area contributed by atoms with Crippen LogP contribution in [0.2, 0.25) is 0 Å². The molecule has 1 aliphatic rings. The van der Waals surface area contributed by atoms with Gasteiger partial charge in [-0.2, -0.15) is 0 Å². The number of nitrogens with zero attached hydrogens (tertiary/aromatic N) is 2. The molecule has 0 amide bonds. The molecule has 0 bridgehead atoms. The van der Waals surface area contributed by atoms with Gasteiger partial charge in [-0.05, 0) is 26.0 Å². The van der Waals surface area contributed by atoms with Gasteiger partial charge < -0.3 is 15.4 Å². The Morgan fingerprint density at radius 3 is 2.58 bits per heavy atom. The SMILES string of the molecule is CN=C(NCCC(C)N(C)Cc1ccccc1)NCC1(C)COC1. The average molecular weight is 332 g/mol. The molecule has 5 heteroatoms. The highest BCUT2D eigenvalue weighted by Gasteiger charge is 2.33. The van der Waals surface area contributed by atoms with Crippen molar-refractivity contribution in [3.05, 3.63) is 35.9 Å². The zero-order valence-corrected chi connectivity index (χ0v) is 15.5. The molecule has 1 aromatic carbocycles. The van der Waals surface area contributed by atoms with E-state index in [-0.39, 0.29) is 5.41 Å². The van der Waals surface area contributed by atoms with Crippen molar-refractivity contribution in [2.75, 3.05) is 40.4 Å². The summed E-state index contributed by atoms with van der Waals surface area (Å²) in [5.74, 6) is 0.876. The van der Waals surface area contributed by atoms with Gasteiger partial charge >= 0.3 is 0 Å². The Morgan fingerprint density at radius 1 is 1.29 bits per heavy atom. The van der Waals surface area contributed by atoms with Gasteiger partial charge in [-0.25, -0.2) is 0 Å². The second-order valence-corrected chi connectivity index (χ2v) is 7.19. The topological polar surface area (TPSA) is 48.9 Å². The van der Waals surface area contributed by atoms with Gasteiger partial charge in [-0.3, -0.25) is 9.89 Å². The van der Waals surface area contributed by atoms with Crippen molar-refractivity contribution in [1.82, 2.24) is 15.5 Å². The summed E-state index contributed by atoms with van der Waals surface area (Å²) in [4.78, 5) is 6.69. The number of rotatable bonds is 8. The fraction of sp³-hybridized carbons (Fsp3) is 0.632. The van der Waals surface area contributed by atoms with E-state index in [1.807, 2.05) is 7.05 Å². The van der Waals surface area contributed by atoms with Crippen LogP contribution in [0.4, 0.5) is 0 Å². The summed E-state index contributed by atoms with van der Waals surface area (Å²) in [6.45, 7) is 8.96. The average Bonchev–Trinajstić information content (AvgIpc) is 2.56. The maximum Gasteiger partial charge on any atom is 0.191 e. The number of ether oxygens (including phenoxy) is 1. The number of hydrogen-bond donors (Lipinski definition) is 2. The molecule has 5 nitrogen and oxygen atoms in total. The minimum Gasteiger partial charge on any atom is -0.380 e. The second kappa shape index (κ2) is 9.04. The summed E-state index contributed by atoms with van der Waals surface area (Å²) in [6.07, 6.45) is 1.07. The van der Waals surface area contributed by atoms with Crippen LogP contribution >= 0.6 is 0 Å². The Bertz CT molecular complexity index is 513. The number of benzene rings is 1. The maximum absolute atomic E-state index is 5.29. The smallest absolute Gasteiger partial charge is 0.191 e. The molecule has 0 radical (unpaired) electrons. The fourth-order valence-electron chi connectivity index (χ4n) is 2.72. The highest BCUT2D eigenvalue weighted by atomic mass is 16.5. The Morgan fingerprint density at radius 2 is 2.00 bits per heavy atom. The predicted octanol–water partition coefficient (Wildman–Crippen LogP) is 2.10. The van der Waals surface area contributed by atoms with Crippen LogP contribution in [0.25, 0.3) is 0 Å². The minimum atomic E-state index is 0.251. The third kappa shape index (κ3) is 5.80. The highest BCUT2D eigenvalue weighted by molar-refractivity contribution is 5.79. The summed E-state index contributed by atoms with van der Waals surface area (Å²) in [6, 6.07) is 11.1. The minimum absolute atomic E-state index is 0.251. The molecule has 134 valence electrons. The molecule has 0 spiro atoms. The lowest BCUT2D eigenvalue weighted by Gasteiger charge is -2.38. The summed E-state index contributed by atoms with van der Waals surface area (Å²) in [7, 11) is 4.00. The van der Waals surface area contributed by atoms with E-state index in [9.17, 15) is 0 Å². The molecule has 1 atom stereocenters. The highest BCUT2D eigenvalue weighted by Crippen LogP contribution is 2.24. The van der Waals surface area contributed by atoms with Crippen LogP contribution in [0.1, 0.15) is 25.8 Å². The molecular weight excluding hydrogens is 300 g/mol. The van der Waals surface area contributed by atoms with Crippen LogP contribution in [-0.4, -0.2) is 57.3 Å². The first-order valence-electron chi connectivity index (χ1n) is 8.79. The number of nitrogens with one attached hydrogen (secondary N) is 2. The van der Waals surface area contributed by atoms with Crippen molar-refractivity contribution in [1.29, 1.82) is 0 Å². The Kier molecular flexibility index (Phi) is 7.06. The summed E-state index contributed by atoms with van der Waals surface area (Å²) >= 11 is 0. The van der Waals surface area contributed by atoms with Crippen LogP contribution in [-0.2, 0) is 11.3 Å². The van der Waals surface area contributed by atoms with E-state index in [0.29, 0.717) is 6.04 Å². The molecule has 0 aliphatic carbocycles. The fourth-order valence-corrected chi connectivity index (χ4v) is 2.72. The lowest BCUT2D eigenvalue weighted by atomic mass is 9.89. The molecule has 1 aromatic rings. The largest absolute Gasteiger partial charge is 0.380 e. The van der Waals surface area contributed by atoms with Gasteiger partial charge in [-0.1, -0.05) is 37.3 Å². The van der Waals surface area contributed by atoms with Gasteiger partial charge in [0.1, 0.15) is 0 Å². The summed E-state index contributed by atoms with van der Waals surface area (Å²) in [5.41, 5.74) is 1.61. The van der Waals surface area contributed by atoms with E-state index in [0.717, 1.165) is 45.2 Å². The number of aliphatic imine (C=N–C) groups is 1. The first-order chi connectivity index (χ1) is 11.5. The second-order valence-electron chi connectivity index (χ2n) is 7.19. The summed E-state index contributed by atoms with van der Waals surface area (Å²) in [5, 5.41) is 6.81. The van der Waals surface area contributed by atoms with Crippen molar-refractivity contribution in [3.63, 3.8) is 0 Å². The number of guanidine groups is 1. The normalized spacial score (nSPS) is 18.1. The molecule has 2 rings (SSSR count). The molecule has 24 heavy (non-hydrogen) atoms. The van der Waals surface area contributed by atoms with E-state index in [1.165, 1.54) is 5.56 Å². The van der Waals surface area contributed by atoms with Crippen LogP contribution < -0.4 is 10.6 Å². The van der Waals surface area contributed by atoms with Crippen LogP contribution in [0.3, 0.4) is 0 Å². The zero-order valence-electron chi connectivity index (χ0n) is 15.5. The first-order valence-corrected chi connectivity index (χ1v) is 8.79. The Balaban J connectivity index is 1.65. The molecule has 0 saturated carbocycles. The van der Waals surface area contributed by atoms with Gasteiger partial charge in [0.05, 0.1) is 13.2 Å². The van der Waals surface area contributed by atoms with E-state index in [1.54, 1.807) is 0 Å². The van der Waals surface area contributed by atoms with Crippen molar-refractivity contribution in [2.45, 2.75) is 32.9 Å². The molecule has 1 fully saturated rings. The van der Waals surface area contributed by atoms with Gasteiger partial charge in [0, 0.05) is 38.1 Å². The van der Waals surface area contributed by atoms with Crippen molar-refractivity contribution < 1.29 is 4.74 Å². The Hall–Kier alpha value is -1.59. The standard InChI is InChI=1S/C19H32N4O/c1-16(23(4)12-17-8-6-5-7-9-17)10-11-21-18(20-3)22-13-19(2)14-24-15-19/h5-9,16H,10-15H2,1-4H3,(H2,20,21,22). The zero-order chi connectivity index (χ0) is 17.4. The Labute approximate surface area is 146 Å². The van der Waals surface area contributed by atoms with Gasteiger partial charge in [0.25, 0.3) is 0 Å². The first kappa shape index (κ1) is 18.7. The number of hydrogen-bond acceptors (Lipinski definition) is 3. The molecule has 1 aliphatic heterocycles. The van der Waals surface area contributed by atoms with E-state index < -0.39 is 0 Å². The van der Waals surface area contributed by atoms with Crippen molar-refractivity contribution in [2.24, 2.45) is 10.4 Å². The lowest BCUT2D eigenvalue weighted by molar-refractivity contribution is -0.0971. The van der Waals surface area contributed by atoms with Gasteiger partial charge in [-0.15, -0.1) is 0 Å². The van der Waals surface area contributed by atoms with E-state index in [4.69, 9.17) is 4.74 Å². The lowest BCUT2D eigenvalue weighted by Crippen LogP contribution is -2.51. The van der Waals surface area contributed by atoms with Crippen LogP contribution in [0, 0.1) is 5.41 Å². The molecule has 1 unspecified atom stereocenters. The van der Waals surface area contributed by atoms with Crippen LogP contribution in [0.5, 0.6) is 0 Å². The van der Waals surface area contributed by atoms with Gasteiger partial charge in [0.15, 0.2) is 5.96 Å². The summed E-state index contributed by atoms with van der Waals surface area (Å²) < 4.78 is 5.29. The quantitative estimate of drug-likeness (QED) is 0.565. The molecular formula is C19H32N4O. The predicted molar refractivity (Wildman–Crippen MR) is 100 cm³/mol. The van der Waals surface area contributed by atoms with E-state index >= 15 is 0 Å². The molecule has 1 heterocycles. The monoisotopic (exact) mass is 332 g/mol. The van der Waals surface area contributed by atoms with Crippen molar-refractivity contribution >= 4 is 5.96 Å². The third-order valence-corrected chi connectivity index (χ3v) is 4.69. The molecule has 0 aromatic heterocycles. The van der Waals surface area contributed by atoms with Crippen molar-refractivity contribution in [3.8, 4) is 0 Å². The van der Waals surface area contributed by atoms with Gasteiger partial charge in [0.2, 0.25) is 0 Å². The third-order valence-electron chi connectivity index (χ3n) is 4.69. The van der Waals surface area contributed by atoms with Crippen LogP contribution in [0.15, 0.2) is 35.3 Å². The molecule has 1 saturated heterocycles. The maximum atomic E-state index is 5.29. The molecule has 2 N–H and O–H groups in total. The van der Waals surface area contributed by atoms with E-state index in [2.05, 4.69) is 71.8 Å².